The lowest BCUT2D eigenvalue weighted by molar-refractivity contribution is -0.156. The molecule has 0 aliphatic carbocycles. The maximum atomic E-state index is 12.3. The summed E-state index contributed by atoms with van der Waals surface area (Å²) in [7, 11) is 1.24. The lowest BCUT2D eigenvalue weighted by Crippen LogP contribution is -2.31. The predicted molar refractivity (Wildman–Crippen MR) is 39.9 cm³/mol. The third kappa shape index (κ3) is 2.38. The molecule has 3 nitrogen and oxygen atoms in total. The van der Waals surface area contributed by atoms with Gasteiger partial charge in [-0.2, -0.15) is 13.2 Å². The van der Waals surface area contributed by atoms with E-state index in [-0.39, 0.29) is 5.56 Å². The van der Waals surface area contributed by atoms with E-state index in [0.29, 0.717) is 0 Å². The van der Waals surface area contributed by atoms with Crippen LogP contribution in [0.15, 0.2) is 18.7 Å². The Kier molecular flexibility index (Phi) is 2.82. The minimum absolute atomic E-state index is 0.0116. The van der Waals surface area contributed by atoms with Crippen molar-refractivity contribution in [3.63, 3.8) is 0 Å². The molecule has 1 N–H and O–H groups in total. The van der Waals surface area contributed by atoms with Crippen molar-refractivity contribution in [3.8, 4) is 0 Å². The van der Waals surface area contributed by atoms with E-state index in [9.17, 15) is 13.2 Å². The fraction of sp³-hybridized carbons (Fsp3) is 0.429. The highest BCUT2D eigenvalue weighted by molar-refractivity contribution is 5.11. The highest BCUT2D eigenvalue weighted by atomic mass is 19.4. The van der Waals surface area contributed by atoms with Gasteiger partial charge in [0.15, 0.2) is 0 Å². The summed E-state index contributed by atoms with van der Waals surface area (Å²) in [5, 5.41) is 2.15. The number of hydrogen-bond donors (Lipinski definition) is 1. The van der Waals surface area contributed by atoms with Gasteiger partial charge in [-0.25, -0.2) is 9.97 Å². The normalized spacial score (nSPS) is 14.2. The summed E-state index contributed by atoms with van der Waals surface area (Å²) in [6.45, 7) is 0. The second kappa shape index (κ2) is 3.69. The van der Waals surface area contributed by atoms with Crippen molar-refractivity contribution >= 4 is 0 Å². The zero-order valence-electron chi connectivity index (χ0n) is 6.84. The van der Waals surface area contributed by atoms with Gasteiger partial charge in [-0.3, -0.25) is 0 Å². The first kappa shape index (κ1) is 9.91. The number of hydrogen-bond acceptors (Lipinski definition) is 3. The largest absolute Gasteiger partial charge is 0.408 e. The molecule has 0 saturated carbocycles. The summed E-state index contributed by atoms with van der Waals surface area (Å²) in [5.74, 6) is 0. The van der Waals surface area contributed by atoms with Crippen LogP contribution >= 0.6 is 0 Å². The number of rotatable bonds is 2. The molecular formula is C7H8F3N3. The molecule has 0 radical (unpaired) electrons. The molecule has 1 aromatic heterocycles. The molecule has 0 spiro atoms. The highest BCUT2D eigenvalue weighted by Gasteiger charge is 2.39. The second-order valence-corrected chi connectivity index (χ2v) is 2.44. The molecule has 1 unspecified atom stereocenters. The Labute approximate surface area is 73.0 Å². The van der Waals surface area contributed by atoms with Crippen LogP contribution in [0.25, 0.3) is 0 Å². The van der Waals surface area contributed by atoms with E-state index in [1.54, 1.807) is 0 Å². The maximum Gasteiger partial charge on any atom is 0.408 e. The number of alkyl halides is 3. The van der Waals surface area contributed by atoms with Crippen molar-refractivity contribution < 1.29 is 13.2 Å². The number of aromatic nitrogens is 2. The van der Waals surface area contributed by atoms with E-state index >= 15 is 0 Å². The summed E-state index contributed by atoms with van der Waals surface area (Å²) >= 11 is 0. The van der Waals surface area contributed by atoms with Crippen molar-refractivity contribution in [1.29, 1.82) is 0 Å². The van der Waals surface area contributed by atoms with Gasteiger partial charge in [-0.05, 0) is 7.05 Å². The van der Waals surface area contributed by atoms with Gasteiger partial charge in [0, 0.05) is 18.0 Å². The Morgan fingerprint density at radius 3 is 2.23 bits per heavy atom. The molecule has 72 valence electrons. The molecule has 1 atom stereocenters. The lowest BCUT2D eigenvalue weighted by atomic mass is 10.1. The van der Waals surface area contributed by atoms with E-state index in [1.807, 2.05) is 0 Å². The quantitative estimate of drug-likeness (QED) is 0.765. The van der Waals surface area contributed by atoms with Crippen LogP contribution in [-0.4, -0.2) is 23.2 Å². The Balaban J connectivity index is 2.92. The molecular weight excluding hydrogens is 183 g/mol. The second-order valence-electron chi connectivity index (χ2n) is 2.44. The molecule has 0 aliphatic rings. The molecule has 1 heterocycles. The van der Waals surface area contributed by atoms with Gasteiger partial charge >= 0.3 is 6.18 Å². The fourth-order valence-electron chi connectivity index (χ4n) is 0.979. The monoisotopic (exact) mass is 191 g/mol. The Morgan fingerprint density at radius 2 is 1.85 bits per heavy atom. The average Bonchev–Trinajstić information content (AvgIpc) is 2.05. The third-order valence-corrected chi connectivity index (χ3v) is 1.53. The fourth-order valence-corrected chi connectivity index (χ4v) is 0.979. The van der Waals surface area contributed by atoms with Crippen molar-refractivity contribution in [2.45, 2.75) is 12.2 Å². The zero-order chi connectivity index (χ0) is 9.90. The first-order valence-corrected chi connectivity index (χ1v) is 3.54. The van der Waals surface area contributed by atoms with Crippen LogP contribution in [-0.2, 0) is 0 Å². The Hall–Kier alpha value is -1.17. The van der Waals surface area contributed by atoms with Gasteiger partial charge in [0.1, 0.15) is 12.4 Å². The minimum Gasteiger partial charge on any atom is -0.305 e. The molecule has 0 fully saturated rings. The van der Waals surface area contributed by atoms with Crippen LogP contribution in [0.4, 0.5) is 13.2 Å². The summed E-state index contributed by atoms with van der Waals surface area (Å²) in [5.41, 5.74) is 0.0116. The number of halogens is 3. The first-order chi connectivity index (χ1) is 6.05. The standard InChI is InChI=1S/C7H8F3N3/c1-11-6(7(8,9)10)5-2-12-4-13-3-5/h2-4,6,11H,1H3. The van der Waals surface area contributed by atoms with Crippen LogP contribution < -0.4 is 5.32 Å². The van der Waals surface area contributed by atoms with E-state index in [2.05, 4.69) is 15.3 Å². The molecule has 0 aromatic carbocycles. The molecule has 13 heavy (non-hydrogen) atoms. The average molecular weight is 191 g/mol. The number of nitrogens with zero attached hydrogens (tertiary/aromatic N) is 2. The molecule has 6 heteroatoms. The SMILES string of the molecule is CNC(c1cncnc1)C(F)(F)F. The summed E-state index contributed by atoms with van der Waals surface area (Å²) in [4.78, 5) is 7.03. The van der Waals surface area contributed by atoms with Gasteiger partial charge in [0.05, 0.1) is 0 Å². The van der Waals surface area contributed by atoms with E-state index in [1.165, 1.54) is 13.4 Å². The molecule has 1 rings (SSSR count). The molecule has 0 aliphatic heterocycles. The third-order valence-electron chi connectivity index (χ3n) is 1.53. The summed E-state index contributed by atoms with van der Waals surface area (Å²) in [6, 6.07) is -1.70. The maximum absolute atomic E-state index is 12.3. The zero-order valence-corrected chi connectivity index (χ0v) is 6.84. The van der Waals surface area contributed by atoms with Gasteiger partial charge < -0.3 is 5.32 Å². The van der Waals surface area contributed by atoms with Crippen molar-refractivity contribution in [2.24, 2.45) is 0 Å². The topological polar surface area (TPSA) is 37.8 Å². The van der Waals surface area contributed by atoms with Crippen molar-refractivity contribution in [2.75, 3.05) is 7.05 Å². The molecule has 0 amide bonds. The van der Waals surface area contributed by atoms with Crippen LogP contribution in [0.2, 0.25) is 0 Å². The molecule has 0 saturated heterocycles. The van der Waals surface area contributed by atoms with Gasteiger partial charge in [0.2, 0.25) is 0 Å². The van der Waals surface area contributed by atoms with Crippen LogP contribution in [0, 0.1) is 0 Å². The molecule has 0 bridgehead atoms. The lowest BCUT2D eigenvalue weighted by Gasteiger charge is -2.18. The van der Waals surface area contributed by atoms with E-state index < -0.39 is 12.2 Å². The highest BCUT2D eigenvalue weighted by Crippen LogP contribution is 2.31. The van der Waals surface area contributed by atoms with E-state index in [4.69, 9.17) is 0 Å². The van der Waals surface area contributed by atoms with Crippen LogP contribution in [0.5, 0.6) is 0 Å². The molecule has 1 aromatic rings. The van der Waals surface area contributed by atoms with Crippen molar-refractivity contribution in [3.05, 3.63) is 24.3 Å². The van der Waals surface area contributed by atoms with Crippen LogP contribution in [0.3, 0.4) is 0 Å². The minimum atomic E-state index is -4.32. The summed E-state index contributed by atoms with van der Waals surface area (Å²) in [6.07, 6.45) is -0.852. The predicted octanol–water partition coefficient (Wildman–Crippen LogP) is 1.30. The van der Waals surface area contributed by atoms with Crippen LogP contribution in [0.1, 0.15) is 11.6 Å². The summed E-state index contributed by atoms with van der Waals surface area (Å²) < 4.78 is 36.9. The van der Waals surface area contributed by atoms with Crippen molar-refractivity contribution in [1.82, 2.24) is 15.3 Å². The van der Waals surface area contributed by atoms with E-state index in [0.717, 1.165) is 12.4 Å². The Bertz CT molecular complexity index is 259. The van der Waals surface area contributed by atoms with Gasteiger partial charge in [0.25, 0.3) is 0 Å². The van der Waals surface area contributed by atoms with Gasteiger partial charge in [-0.1, -0.05) is 0 Å². The Morgan fingerprint density at radius 1 is 1.31 bits per heavy atom. The van der Waals surface area contributed by atoms with Gasteiger partial charge in [-0.15, -0.1) is 0 Å². The first-order valence-electron chi connectivity index (χ1n) is 3.54. The number of nitrogens with one attached hydrogen (secondary N) is 1. The smallest absolute Gasteiger partial charge is 0.305 e.